The summed E-state index contributed by atoms with van der Waals surface area (Å²) >= 11 is 0. The molecule has 0 saturated carbocycles. The highest BCUT2D eigenvalue weighted by molar-refractivity contribution is 5.76. The maximum Gasteiger partial charge on any atom is 0.348 e. The summed E-state index contributed by atoms with van der Waals surface area (Å²) in [5, 5.41) is 27.3. The fraction of sp³-hybridized carbons (Fsp3) is 0.423. The molecule has 9 heteroatoms. The van der Waals surface area contributed by atoms with Crippen molar-refractivity contribution in [1.82, 2.24) is 24.6 Å². The van der Waals surface area contributed by atoms with Crippen molar-refractivity contribution < 1.29 is 15.0 Å². The molecule has 0 spiro atoms. The second-order valence-corrected chi connectivity index (χ2v) is 9.34. The highest BCUT2D eigenvalue weighted by atomic mass is 16.3. The first-order valence-electron chi connectivity index (χ1n) is 12.1. The highest BCUT2D eigenvalue weighted by Gasteiger charge is 2.21. The summed E-state index contributed by atoms with van der Waals surface area (Å²) in [6.07, 6.45) is 1.48. The van der Waals surface area contributed by atoms with Gasteiger partial charge < -0.3 is 15.1 Å². The lowest BCUT2D eigenvalue weighted by molar-refractivity contribution is -0.133. The summed E-state index contributed by atoms with van der Waals surface area (Å²) in [7, 11) is 0. The van der Waals surface area contributed by atoms with E-state index in [-0.39, 0.29) is 29.1 Å². The quantitative estimate of drug-likeness (QED) is 0.479. The molecular formula is C26H33N5O4. The third-order valence-corrected chi connectivity index (χ3v) is 6.47. The Hall–Kier alpha value is -3.59. The fourth-order valence-electron chi connectivity index (χ4n) is 4.49. The van der Waals surface area contributed by atoms with Crippen molar-refractivity contribution in [1.29, 1.82) is 0 Å². The number of nitrogens with one attached hydrogen (secondary N) is 1. The van der Waals surface area contributed by atoms with Crippen molar-refractivity contribution >= 4 is 5.91 Å². The number of aromatic amines is 1. The largest absolute Gasteiger partial charge is 0.508 e. The lowest BCUT2D eigenvalue weighted by Crippen LogP contribution is -2.48. The molecule has 3 N–H and O–H groups in total. The number of hydrogen-bond donors (Lipinski definition) is 3. The number of amides is 1. The van der Waals surface area contributed by atoms with Gasteiger partial charge in [-0.2, -0.15) is 5.10 Å². The molecule has 0 radical (unpaired) electrons. The number of phenols is 2. The van der Waals surface area contributed by atoms with E-state index in [1.54, 1.807) is 6.07 Å². The van der Waals surface area contributed by atoms with Gasteiger partial charge in [-0.1, -0.05) is 32.9 Å². The highest BCUT2D eigenvalue weighted by Crippen LogP contribution is 2.37. The number of aromatic hydroxyl groups is 2. The maximum absolute atomic E-state index is 12.6. The van der Waals surface area contributed by atoms with E-state index in [1.807, 2.05) is 49.9 Å². The molecule has 1 aliphatic rings. The van der Waals surface area contributed by atoms with Crippen LogP contribution in [0.1, 0.15) is 50.7 Å². The van der Waals surface area contributed by atoms with Gasteiger partial charge in [0.15, 0.2) is 5.82 Å². The van der Waals surface area contributed by atoms with Crippen LogP contribution in [0, 0.1) is 0 Å². The molecule has 4 rings (SSSR count). The zero-order valence-electron chi connectivity index (χ0n) is 20.5. The predicted octanol–water partition coefficient (Wildman–Crippen LogP) is 3.21. The molecule has 186 valence electrons. The number of phenolic OH excluding ortho intramolecular Hbond substituents is 2. The topological polar surface area (TPSA) is 115 Å². The number of H-pyrrole nitrogens is 1. The lowest BCUT2D eigenvalue weighted by atomic mass is 9.98. The van der Waals surface area contributed by atoms with E-state index in [1.165, 1.54) is 10.6 Å². The molecule has 35 heavy (non-hydrogen) atoms. The first-order chi connectivity index (χ1) is 16.8. The zero-order chi connectivity index (χ0) is 25.1. The van der Waals surface area contributed by atoms with Crippen LogP contribution in [-0.2, 0) is 11.3 Å². The van der Waals surface area contributed by atoms with E-state index in [2.05, 4.69) is 15.1 Å². The second-order valence-electron chi connectivity index (χ2n) is 9.34. The van der Waals surface area contributed by atoms with Gasteiger partial charge in [0.2, 0.25) is 5.91 Å². The first-order valence-corrected chi connectivity index (χ1v) is 12.1. The molecule has 0 unspecified atom stereocenters. The van der Waals surface area contributed by atoms with Crippen LogP contribution in [0.4, 0.5) is 0 Å². The van der Waals surface area contributed by atoms with Gasteiger partial charge in [0.1, 0.15) is 11.5 Å². The third-order valence-electron chi connectivity index (χ3n) is 6.47. The predicted molar refractivity (Wildman–Crippen MR) is 134 cm³/mol. The van der Waals surface area contributed by atoms with E-state index in [0.717, 1.165) is 44.7 Å². The van der Waals surface area contributed by atoms with Crippen molar-refractivity contribution in [2.45, 2.75) is 46.1 Å². The summed E-state index contributed by atoms with van der Waals surface area (Å²) in [6, 6.07) is 10.6. The number of benzene rings is 2. The van der Waals surface area contributed by atoms with Gasteiger partial charge in [-0.25, -0.2) is 14.5 Å². The Labute approximate surface area is 204 Å². The Kier molecular flexibility index (Phi) is 7.25. The van der Waals surface area contributed by atoms with Crippen LogP contribution in [0.15, 0.2) is 41.2 Å². The zero-order valence-corrected chi connectivity index (χ0v) is 20.5. The number of hydrogen-bond acceptors (Lipinski definition) is 6. The molecule has 2 aromatic carbocycles. The number of carbonyl (C=O) groups is 1. The molecule has 2 heterocycles. The second kappa shape index (κ2) is 10.4. The van der Waals surface area contributed by atoms with E-state index in [4.69, 9.17) is 0 Å². The first kappa shape index (κ1) is 24.5. The number of carbonyl (C=O) groups excluding carboxylic acids is 1. The maximum atomic E-state index is 12.6. The van der Waals surface area contributed by atoms with Crippen LogP contribution in [0.2, 0.25) is 0 Å². The molecule has 1 fully saturated rings. The molecule has 3 aromatic rings. The molecule has 1 aromatic heterocycles. The Bertz CT molecular complexity index is 1240. The van der Waals surface area contributed by atoms with Crippen molar-refractivity contribution in [3.05, 3.63) is 58.0 Å². The minimum atomic E-state index is -0.417. The van der Waals surface area contributed by atoms with Crippen molar-refractivity contribution in [2.24, 2.45) is 0 Å². The molecule has 0 atom stereocenters. The molecule has 1 saturated heterocycles. The van der Waals surface area contributed by atoms with Gasteiger partial charge >= 0.3 is 5.69 Å². The minimum Gasteiger partial charge on any atom is -0.508 e. The van der Waals surface area contributed by atoms with Gasteiger partial charge in [0.05, 0.1) is 11.3 Å². The average Bonchev–Trinajstić information content (AvgIpc) is 3.21. The molecule has 1 aliphatic heterocycles. The summed E-state index contributed by atoms with van der Waals surface area (Å²) in [6.45, 7) is 9.83. The number of rotatable bonds is 7. The average molecular weight is 480 g/mol. The normalized spacial score (nSPS) is 14.6. The van der Waals surface area contributed by atoms with Crippen LogP contribution in [0.3, 0.4) is 0 Å². The van der Waals surface area contributed by atoms with Gasteiger partial charge in [0, 0.05) is 45.2 Å². The Morgan fingerprint density at radius 1 is 1.06 bits per heavy atom. The third kappa shape index (κ3) is 5.24. The Morgan fingerprint density at radius 3 is 2.37 bits per heavy atom. The van der Waals surface area contributed by atoms with Gasteiger partial charge in [0.25, 0.3) is 0 Å². The Balaban J connectivity index is 1.52. The van der Waals surface area contributed by atoms with Crippen LogP contribution in [-0.4, -0.2) is 66.9 Å². The van der Waals surface area contributed by atoms with Crippen LogP contribution >= 0.6 is 0 Å². The van der Waals surface area contributed by atoms with Crippen molar-refractivity contribution in [3.8, 4) is 28.6 Å². The van der Waals surface area contributed by atoms with Crippen molar-refractivity contribution in [2.75, 3.05) is 26.2 Å². The lowest BCUT2D eigenvalue weighted by Gasteiger charge is -2.34. The summed E-state index contributed by atoms with van der Waals surface area (Å²) in [5.41, 5.74) is 2.33. The molecule has 0 aliphatic carbocycles. The SMILES string of the molecule is CCCC(=O)N1CCN(Cc2ccc(-n3c(-c4cc(C(C)C)c(O)cc4O)n[nH]c3=O)cc2)CC1. The number of piperazine rings is 1. The summed E-state index contributed by atoms with van der Waals surface area (Å²) in [4.78, 5) is 29.0. The van der Waals surface area contributed by atoms with Crippen LogP contribution in [0.5, 0.6) is 11.5 Å². The van der Waals surface area contributed by atoms with E-state index < -0.39 is 5.69 Å². The van der Waals surface area contributed by atoms with E-state index in [9.17, 15) is 19.8 Å². The van der Waals surface area contributed by atoms with Crippen LogP contribution < -0.4 is 5.69 Å². The van der Waals surface area contributed by atoms with Crippen molar-refractivity contribution in [3.63, 3.8) is 0 Å². The molecule has 1 amide bonds. The Morgan fingerprint density at radius 2 is 1.74 bits per heavy atom. The van der Waals surface area contributed by atoms with Gasteiger partial charge in [-0.3, -0.25) is 9.69 Å². The number of nitrogens with zero attached hydrogens (tertiary/aromatic N) is 4. The van der Waals surface area contributed by atoms with Gasteiger partial charge in [-0.15, -0.1) is 0 Å². The number of aromatic nitrogens is 3. The van der Waals surface area contributed by atoms with Crippen LogP contribution in [0.25, 0.3) is 17.1 Å². The summed E-state index contributed by atoms with van der Waals surface area (Å²) < 4.78 is 1.41. The molecular weight excluding hydrogens is 446 g/mol. The minimum absolute atomic E-state index is 0.00518. The smallest absolute Gasteiger partial charge is 0.348 e. The van der Waals surface area contributed by atoms with E-state index in [0.29, 0.717) is 23.2 Å². The standard InChI is InChI=1S/C26H33N5O4/c1-4-5-24(34)30-12-10-29(11-13-30)16-18-6-8-19(9-7-18)31-25(27-28-26(31)35)21-14-20(17(2)3)22(32)15-23(21)33/h6-9,14-15,17,32-33H,4-5,10-13,16H2,1-3H3,(H,28,35). The monoisotopic (exact) mass is 479 g/mol. The molecule has 9 nitrogen and oxygen atoms in total. The summed E-state index contributed by atoms with van der Waals surface area (Å²) in [5.74, 6) is 0.387. The van der Waals surface area contributed by atoms with E-state index >= 15 is 0 Å². The van der Waals surface area contributed by atoms with Gasteiger partial charge in [-0.05, 0) is 41.7 Å². The fourth-order valence-corrected chi connectivity index (χ4v) is 4.49. The molecule has 0 bridgehead atoms.